The summed E-state index contributed by atoms with van der Waals surface area (Å²) in [4.78, 5) is 0. The van der Waals surface area contributed by atoms with Crippen LogP contribution in [0.5, 0.6) is 5.75 Å². The molecule has 3 heteroatoms. The summed E-state index contributed by atoms with van der Waals surface area (Å²) in [6.07, 6.45) is 2.00. The molecule has 1 aromatic rings. The number of hydrogen-bond donors (Lipinski definition) is 2. The normalized spacial score (nSPS) is 19.4. The van der Waals surface area contributed by atoms with Crippen LogP contribution in [0.2, 0.25) is 0 Å². The standard InChI is InChI=1S/C14H21NO2/c1-14(2,17-3)9-15-12-8-7-11-10(12)5-4-6-13(11)16/h4-6,12,15-16H,7-9H2,1-3H3. The molecule has 1 aromatic carbocycles. The molecule has 1 unspecified atom stereocenters. The molecule has 2 N–H and O–H groups in total. The number of phenols is 1. The Hall–Kier alpha value is -1.06. The van der Waals surface area contributed by atoms with Gasteiger partial charge in [0.25, 0.3) is 0 Å². The molecule has 3 nitrogen and oxygen atoms in total. The van der Waals surface area contributed by atoms with Crippen LogP contribution in [0.1, 0.15) is 37.4 Å². The van der Waals surface area contributed by atoms with Crippen LogP contribution in [0.3, 0.4) is 0 Å². The van der Waals surface area contributed by atoms with Gasteiger partial charge in [0.15, 0.2) is 0 Å². The molecule has 0 spiro atoms. The number of benzene rings is 1. The second-order valence-electron chi connectivity index (χ2n) is 5.28. The van der Waals surface area contributed by atoms with Gasteiger partial charge in [0.1, 0.15) is 5.75 Å². The number of methoxy groups -OCH3 is 1. The Labute approximate surface area is 103 Å². The van der Waals surface area contributed by atoms with E-state index in [0.29, 0.717) is 11.8 Å². The molecule has 0 saturated carbocycles. The van der Waals surface area contributed by atoms with Crippen LogP contribution in [0.15, 0.2) is 18.2 Å². The van der Waals surface area contributed by atoms with Gasteiger partial charge in [0.05, 0.1) is 5.60 Å². The second kappa shape index (κ2) is 4.67. The molecule has 0 aromatic heterocycles. The Kier molecular flexibility index (Phi) is 3.40. The molecule has 17 heavy (non-hydrogen) atoms. The number of aromatic hydroxyl groups is 1. The van der Waals surface area contributed by atoms with Crippen molar-refractivity contribution in [2.45, 2.75) is 38.3 Å². The van der Waals surface area contributed by atoms with Crippen LogP contribution in [0, 0.1) is 0 Å². The highest BCUT2D eigenvalue weighted by atomic mass is 16.5. The first-order chi connectivity index (χ1) is 8.03. The van der Waals surface area contributed by atoms with Gasteiger partial charge in [0.2, 0.25) is 0 Å². The van der Waals surface area contributed by atoms with Gasteiger partial charge in [-0.15, -0.1) is 0 Å². The number of fused-ring (bicyclic) bond motifs is 1. The van der Waals surface area contributed by atoms with Crippen LogP contribution in [0.4, 0.5) is 0 Å². The van der Waals surface area contributed by atoms with Crippen molar-refractivity contribution in [3.63, 3.8) is 0 Å². The monoisotopic (exact) mass is 235 g/mol. The lowest BCUT2D eigenvalue weighted by Crippen LogP contribution is -2.38. The molecule has 0 heterocycles. The molecule has 1 aliphatic carbocycles. The third-order valence-electron chi connectivity index (χ3n) is 3.57. The van der Waals surface area contributed by atoms with Gasteiger partial charge in [-0.2, -0.15) is 0 Å². The summed E-state index contributed by atoms with van der Waals surface area (Å²) in [6, 6.07) is 6.11. The van der Waals surface area contributed by atoms with E-state index in [0.717, 1.165) is 24.9 Å². The van der Waals surface area contributed by atoms with E-state index in [-0.39, 0.29) is 5.60 Å². The summed E-state index contributed by atoms with van der Waals surface area (Å²) in [5.74, 6) is 0.429. The predicted octanol–water partition coefficient (Wildman–Crippen LogP) is 2.39. The Morgan fingerprint density at radius 3 is 2.94 bits per heavy atom. The van der Waals surface area contributed by atoms with E-state index in [1.807, 2.05) is 6.07 Å². The van der Waals surface area contributed by atoms with E-state index < -0.39 is 0 Å². The van der Waals surface area contributed by atoms with Crippen molar-refractivity contribution in [2.24, 2.45) is 0 Å². The van der Waals surface area contributed by atoms with Gasteiger partial charge in [-0.05, 0) is 43.9 Å². The Balaban J connectivity index is 2.05. The minimum absolute atomic E-state index is 0.153. The van der Waals surface area contributed by atoms with Gasteiger partial charge in [-0.3, -0.25) is 0 Å². The van der Waals surface area contributed by atoms with Crippen LogP contribution >= 0.6 is 0 Å². The Morgan fingerprint density at radius 1 is 1.47 bits per heavy atom. The molecule has 0 aliphatic heterocycles. The fourth-order valence-electron chi connectivity index (χ4n) is 2.29. The topological polar surface area (TPSA) is 41.5 Å². The fourth-order valence-corrected chi connectivity index (χ4v) is 2.29. The van der Waals surface area contributed by atoms with Gasteiger partial charge in [-0.25, -0.2) is 0 Å². The number of ether oxygens (including phenoxy) is 1. The van der Waals surface area contributed by atoms with Crippen molar-refractivity contribution >= 4 is 0 Å². The first kappa shape index (κ1) is 12.4. The van der Waals surface area contributed by atoms with E-state index in [1.165, 1.54) is 5.56 Å². The number of nitrogens with one attached hydrogen (secondary N) is 1. The largest absolute Gasteiger partial charge is 0.508 e. The van der Waals surface area contributed by atoms with Gasteiger partial charge in [0, 0.05) is 19.7 Å². The zero-order valence-corrected chi connectivity index (χ0v) is 10.8. The highest BCUT2D eigenvalue weighted by Gasteiger charge is 2.26. The maximum Gasteiger partial charge on any atom is 0.119 e. The molecule has 0 fully saturated rings. The summed E-state index contributed by atoms with van der Waals surface area (Å²) in [5.41, 5.74) is 2.18. The maximum absolute atomic E-state index is 9.77. The SMILES string of the molecule is COC(C)(C)CNC1CCc2c(O)cccc21. The fraction of sp³-hybridized carbons (Fsp3) is 0.571. The molecule has 0 bridgehead atoms. The third kappa shape index (κ3) is 2.61. The van der Waals surface area contributed by atoms with Gasteiger partial charge in [-0.1, -0.05) is 12.1 Å². The highest BCUT2D eigenvalue weighted by Crippen LogP contribution is 2.36. The first-order valence-corrected chi connectivity index (χ1v) is 6.13. The maximum atomic E-state index is 9.77. The first-order valence-electron chi connectivity index (χ1n) is 6.13. The van der Waals surface area contributed by atoms with Crippen molar-refractivity contribution in [3.8, 4) is 5.75 Å². The lowest BCUT2D eigenvalue weighted by Gasteiger charge is -2.26. The molecule has 0 amide bonds. The minimum Gasteiger partial charge on any atom is -0.508 e. The number of rotatable bonds is 4. The molecule has 94 valence electrons. The van der Waals surface area contributed by atoms with Crippen LogP contribution in [-0.4, -0.2) is 24.4 Å². The number of phenolic OH excluding ortho intramolecular Hbond substituents is 1. The van der Waals surface area contributed by atoms with E-state index in [4.69, 9.17) is 4.74 Å². The summed E-state index contributed by atoms with van der Waals surface area (Å²) >= 11 is 0. The third-order valence-corrected chi connectivity index (χ3v) is 3.57. The Morgan fingerprint density at radius 2 is 2.24 bits per heavy atom. The molecule has 1 atom stereocenters. The van der Waals surface area contributed by atoms with E-state index in [1.54, 1.807) is 13.2 Å². The minimum atomic E-state index is -0.153. The lowest BCUT2D eigenvalue weighted by atomic mass is 10.1. The van der Waals surface area contributed by atoms with Gasteiger partial charge >= 0.3 is 0 Å². The lowest BCUT2D eigenvalue weighted by molar-refractivity contribution is 0.0210. The van der Waals surface area contributed by atoms with Crippen molar-refractivity contribution in [3.05, 3.63) is 29.3 Å². The van der Waals surface area contributed by atoms with E-state index in [2.05, 4.69) is 25.2 Å². The average Bonchev–Trinajstić information content (AvgIpc) is 2.71. The van der Waals surface area contributed by atoms with Crippen LogP contribution < -0.4 is 5.32 Å². The molecule has 2 rings (SSSR count). The van der Waals surface area contributed by atoms with Crippen molar-refractivity contribution < 1.29 is 9.84 Å². The van der Waals surface area contributed by atoms with Crippen molar-refractivity contribution in [1.29, 1.82) is 0 Å². The quantitative estimate of drug-likeness (QED) is 0.842. The second-order valence-corrected chi connectivity index (χ2v) is 5.28. The van der Waals surface area contributed by atoms with Crippen LogP contribution in [-0.2, 0) is 11.2 Å². The van der Waals surface area contributed by atoms with E-state index in [9.17, 15) is 5.11 Å². The summed E-state index contributed by atoms with van der Waals surface area (Å²) < 4.78 is 5.40. The smallest absolute Gasteiger partial charge is 0.119 e. The van der Waals surface area contributed by atoms with Crippen molar-refractivity contribution in [1.82, 2.24) is 5.32 Å². The summed E-state index contributed by atoms with van der Waals surface area (Å²) in [5, 5.41) is 13.3. The molecule has 1 aliphatic rings. The van der Waals surface area contributed by atoms with Gasteiger partial charge < -0.3 is 15.2 Å². The number of hydrogen-bond acceptors (Lipinski definition) is 3. The molecular weight excluding hydrogens is 214 g/mol. The van der Waals surface area contributed by atoms with Crippen molar-refractivity contribution in [2.75, 3.05) is 13.7 Å². The summed E-state index contributed by atoms with van der Waals surface area (Å²) in [7, 11) is 1.73. The molecule has 0 saturated heterocycles. The van der Waals surface area contributed by atoms with E-state index >= 15 is 0 Å². The predicted molar refractivity (Wildman–Crippen MR) is 68.3 cm³/mol. The zero-order chi connectivity index (χ0) is 12.5. The average molecular weight is 235 g/mol. The zero-order valence-electron chi connectivity index (χ0n) is 10.8. The Bertz CT molecular complexity index is 401. The van der Waals surface area contributed by atoms with Crippen LogP contribution in [0.25, 0.3) is 0 Å². The summed E-state index contributed by atoms with van der Waals surface area (Å²) in [6.45, 7) is 4.94. The molecular formula is C14H21NO2. The molecule has 0 radical (unpaired) electrons. The highest BCUT2D eigenvalue weighted by molar-refractivity contribution is 5.44.